The molecule has 0 aliphatic carbocycles. The van der Waals surface area contributed by atoms with E-state index in [2.05, 4.69) is 5.32 Å². The lowest BCUT2D eigenvalue weighted by atomic mass is 10.0. The van der Waals surface area contributed by atoms with Gasteiger partial charge in [-0.05, 0) is 51.4 Å². The zero-order valence-electron chi connectivity index (χ0n) is 12.7. The van der Waals surface area contributed by atoms with E-state index in [0.717, 1.165) is 42.1 Å². The van der Waals surface area contributed by atoms with Crippen molar-refractivity contribution in [2.24, 2.45) is 5.73 Å². The van der Waals surface area contributed by atoms with Crippen LogP contribution in [0.3, 0.4) is 0 Å². The Morgan fingerprint density at radius 2 is 1.79 bits per heavy atom. The number of rotatable bonds is 7. The topological polar surface area (TPSA) is 56.5 Å². The molecular weight excluding hydrogens is 240 g/mol. The van der Waals surface area contributed by atoms with Crippen LogP contribution in [0, 0.1) is 6.92 Å². The molecule has 0 aliphatic heterocycles. The van der Waals surface area contributed by atoms with Gasteiger partial charge in [0.2, 0.25) is 0 Å². The van der Waals surface area contributed by atoms with Gasteiger partial charge >= 0.3 is 0 Å². The van der Waals surface area contributed by atoms with Crippen LogP contribution in [0.4, 0.5) is 0 Å². The molecule has 3 N–H and O–H groups in total. The molecule has 0 fully saturated rings. The molecule has 4 nitrogen and oxygen atoms in total. The van der Waals surface area contributed by atoms with Gasteiger partial charge in [-0.2, -0.15) is 0 Å². The lowest BCUT2D eigenvalue weighted by molar-refractivity contribution is 0.393. The van der Waals surface area contributed by atoms with Gasteiger partial charge in [-0.3, -0.25) is 0 Å². The third-order valence-corrected chi connectivity index (χ3v) is 3.06. The van der Waals surface area contributed by atoms with Gasteiger partial charge in [0.25, 0.3) is 0 Å². The molecule has 0 amide bonds. The molecule has 0 radical (unpaired) electrons. The zero-order chi connectivity index (χ0) is 14.5. The molecule has 0 aliphatic rings. The lowest BCUT2D eigenvalue weighted by Crippen LogP contribution is -2.35. The first-order chi connectivity index (χ1) is 8.87. The van der Waals surface area contributed by atoms with Crippen molar-refractivity contribution in [1.82, 2.24) is 5.32 Å². The van der Waals surface area contributed by atoms with Crippen LogP contribution in [0.1, 0.15) is 31.4 Å². The normalized spacial score (nSPS) is 11.5. The van der Waals surface area contributed by atoms with Crippen LogP contribution in [0.15, 0.2) is 12.1 Å². The third kappa shape index (κ3) is 5.09. The van der Waals surface area contributed by atoms with Crippen LogP contribution < -0.4 is 20.5 Å². The average Bonchev–Trinajstić information content (AvgIpc) is 2.34. The van der Waals surface area contributed by atoms with Crippen LogP contribution in [0.5, 0.6) is 11.5 Å². The Hall–Kier alpha value is -1.26. The molecule has 1 aromatic carbocycles. The van der Waals surface area contributed by atoms with E-state index in [9.17, 15) is 0 Å². The van der Waals surface area contributed by atoms with E-state index in [1.165, 1.54) is 0 Å². The monoisotopic (exact) mass is 266 g/mol. The number of ether oxygens (including phenoxy) is 2. The third-order valence-electron chi connectivity index (χ3n) is 3.06. The van der Waals surface area contributed by atoms with E-state index < -0.39 is 0 Å². The molecule has 4 heteroatoms. The van der Waals surface area contributed by atoms with Gasteiger partial charge in [0, 0.05) is 17.6 Å². The molecule has 0 aromatic heterocycles. The summed E-state index contributed by atoms with van der Waals surface area (Å²) in [7, 11) is 3.37. The van der Waals surface area contributed by atoms with Crippen molar-refractivity contribution < 1.29 is 9.47 Å². The number of hydrogen-bond acceptors (Lipinski definition) is 4. The summed E-state index contributed by atoms with van der Waals surface area (Å²) in [4.78, 5) is 0. The standard InChI is InChI=1S/C15H26N2O2/c1-11-8-14(19-5)12(9-13(11)18-4)10-17-7-6-15(2,3)16/h8-9,17H,6-7,10,16H2,1-5H3. The Balaban J connectivity index is 2.66. The summed E-state index contributed by atoms with van der Waals surface area (Å²) in [5, 5.41) is 3.39. The van der Waals surface area contributed by atoms with Crippen molar-refractivity contribution in [3.05, 3.63) is 23.3 Å². The van der Waals surface area contributed by atoms with Crippen LogP contribution in [-0.2, 0) is 6.54 Å². The van der Waals surface area contributed by atoms with E-state index in [1.807, 2.05) is 32.9 Å². The first-order valence-electron chi connectivity index (χ1n) is 6.58. The largest absolute Gasteiger partial charge is 0.496 e. The Kier molecular flexibility index (Phi) is 5.63. The predicted molar refractivity (Wildman–Crippen MR) is 78.9 cm³/mol. The fraction of sp³-hybridized carbons (Fsp3) is 0.600. The predicted octanol–water partition coefficient (Wildman–Crippen LogP) is 2.23. The summed E-state index contributed by atoms with van der Waals surface area (Å²) in [6, 6.07) is 4.03. The maximum Gasteiger partial charge on any atom is 0.123 e. The Bertz CT molecular complexity index is 411. The van der Waals surface area contributed by atoms with Gasteiger partial charge in [0.05, 0.1) is 14.2 Å². The fourth-order valence-corrected chi connectivity index (χ4v) is 1.89. The number of benzene rings is 1. The van der Waals surface area contributed by atoms with Gasteiger partial charge in [-0.1, -0.05) is 0 Å². The minimum atomic E-state index is -0.137. The van der Waals surface area contributed by atoms with E-state index in [-0.39, 0.29) is 5.54 Å². The van der Waals surface area contributed by atoms with Crippen LogP contribution in [-0.4, -0.2) is 26.3 Å². The zero-order valence-corrected chi connectivity index (χ0v) is 12.7. The smallest absolute Gasteiger partial charge is 0.123 e. The summed E-state index contributed by atoms with van der Waals surface area (Å²) < 4.78 is 10.7. The highest BCUT2D eigenvalue weighted by Gasteiger charge is 2.11. The summed E-state index contributed by atoms with van der Waals surface area (Å²) in [6.07, 6.45) is 0.929. The second kappa shape index (κ2) is 6.78. The van der Waals surface area contributed by atoms with Gasteiger partial charge in [0.15, 0.2) is 0 Å². The average molecular weight is 266 g/mol. The van der Waals surface area contributed by atoms with Crippen molar-refractivity contribution in [2.75, 3.05) is 20.8 Å². The molecule has 1 rings (SSSR count). The number of hydrogen-bond donors (Lipinski definition) is 2. The van der Waals surface area contributed by atoms with E-state index in [4.69, 9.17) is 15.2 Å². The molecule has 1 aromatic rings. The first-order valence-corrected chi connectivity index (χ1v) is 6.58. The molecule has 0 atom stereocenters. The van der Waals surface area contributed by atoms with Gasteiger partial charge in [-0.15, -0.1) is 0 Å². The van der Waals surface area contributed by atoms with Crippen molar-refractivity contribution >= 4 is 0 Å². The SMILES string of the molecule is COc1cc(CNCCC(C)(C)N)c(OC)cc1C. The fourth-order valence-electron chi connectivity index (χ4n) is 1.89. The lowest BCUT2D eigenvalue weighted by Gasteiger charge is -2.19. The second-order valence-electron chi connectivity index (χ2n) is 5.55. The van der Waals surface area contributed by atoms with Crippen molar-refractivity contribution in [3.8, 4) is 11.5 Å². The van der Waals surface area contributed by atoms with E-state index >= 15 is 0 Å². The molecule has 108 valence electrons. The molecule has 0 bridgehead atoms. The summed E-state index contributed by atoms with van der Waals surface area (Å²) in [6.45, 7) is 7.70. The highest BCUT2D eigenvalue weighted by Crippen LogP contribution is 2.28. The molecule has 0 saturated carbocycles. The van der Waals surface area contributed by atoms with E-state index in [1.54, 1.807) is 14.2 Å². The van der Waals surface area contributed by atoms with Gasteiger partial charge < -0.3 is 20.5 Å². The van der Waals surface area contributed by atoms with Crippen molar-refractivity contribution in [1.29, 1.82) is 0 Å². The van der Waals surface area contributed by atoms with Crippen molar-refractivity contribution in [2.45, 2.75) is 39.3 Å². The van der Waals surface area contributed by atoms with Gasteiger partial charge in [0.1, 0.15) is 11.5 Å². The maximum atomic E-state index is 5.95. The minimum absolute atomic E-state index is 0.137. The van der Waals surface area contributed by atoms with Gasteiger partial charge in [-0.25, -0.2) is 0 Å². The molecule has 0 spiro atoms. The number of nitrogens with two attached hydrogens (primary N) is 1. The van der Waals surface area contributed by atoms with Crippen LogP contribution >= 0.6 is 0 Å². The molecular formula is C15H26N2O2. The summed E-state index contributed by atoms with van der Waals surface area (Å²) >= 11 is 0. The number of nitrogens with one attached hydrogen (secondary N) is 1. The highest BCUT2D eigenvalue weighted by atomic mass is 16.5. The Morgan fingerprint density at radius 1 is 1.16 bits per heavy atom. The maximum absolute atomic E-state index is 5.95. The Morgan fingerprint density at radius 3 is 2.32 bits per heavy atom. The van der Waals surface area contributed by atoms with Crippen molar-refractivity contribution in [3.63, 3.8) is 0 Å². The molecule has 0 saturated heterocycles. The van der Waals surface area contributed by atoms with Crippen LogP contribution in [0.25, 0.3) is 0 Å². The first kappa shape index (κ1) is 15.8. The number of methoxy groups -OCH3 is 2. The second-order valence-corrected chi connectivity index (χ2v) is 5.55. The van der Waals surface area contributed by atoms with E-state index in [0.29, 0.717) is 0 Å². The minimum Gasteiger partial charge on any atom is -0.496 e. The molecule has 0 heterocycles. The number of aryl methyl sites for hydroxylation is 1. The molecule has 19 heavy (non-hydrogen) atoms. The summed E-state index contributed by atoms with van der Waals surface area (Å²) in [5.74, 6) is 1.77. The summed E-state index contributed by atoms with van der Waals surface area (Å²) in [5.41, 5.74) is 7.99. The molecule has 0 unspecified atom stereocenters. The Labute approximate surface area is 116 Å². The van der Waals surface area contributed by atoms with Crippen LogP contribution in [0.2, 0.25) is 0 Å². The highest BCUT2D eigenvalue weighted by molar-refractivity contribution is 5.45. The quantitative estimate of drug-likeness (QED) is 0.743.